The number of nitrogens with zero attached hydrogens (tertiary/aromatic N) is 1. The minimum atomic E-state index is 0.616. The van der Waals surface area contributed by atoms with E-state index in [1.54, 1.807) is 0 Å². The molecule has 0 spiro atoms. The number of rotatable bonds is 3. The number of likely N-dealkylation sites (N-methyl/N-ethyl adjacent to an activating group) is 1. The lowest BCUT2D eigenvalue weighted by atomic mass is 10.2. The van der Waals surface area contributed by atoms with Crippen LogP contribution in [0.25, 0.3) is 0 Å². The Kier molecular flexibility index (Phi) is 1.60. The van der Waals surface area contributed by atoms with Gasteiger partial charge in [-0.2, -0.15) is 0 Å². The van der Waals surface area contributed by atoms with Crippen LogP contribution >= 0.6 is 0 Å². The molecule has 1 N–H and O–H groups in total. The fourth-order valence-electron chi connectivity index (χ4n) is 2.26. The van der Waals surface area contributed by atoms with Gasteiger partial charge >= 0.3 is 0 Å². The summed E-state index contributed by atoms with van der Waals surface area (Å²) in [6.07, 6.45) is 2.18. The van der Waals surface area contributed by atoms with Crippen LogP contribution in [0.2, 0.25) is 0 Å². The van der Waals surface area contributed by atoms with Crippen LogP contribution in [0, 0.1) is 11.8 Å². The summed E-state index contributed by atoms with van der Waals surface area (Å²) in [7, 11) is 2.14. The molecular formula is C8H14N2O. The maximum absolute atomic E-state index is 10.1. The first kappa shape index (κ1) is 7.10. The van der Waals surface area contributed by atoms with Crippen molar-refractivity contribution in [1.82, 2.24) is 10.2 Å². The molecule has 0 bridgehead atoms. The van der Waals surface area contributed by atoms with Gasteiger partial charge in [0.05, 0.1) is 0 Å². The molecule has 0 aromatic heterocycles. The van der Waals surface area contributed by atoms with Crippen molar-refractivity contribution in [3.8, 4) is 0 Å². The zero-order valence-corrected chi connectivity index (χ0v) is 6.79. The monoisotopic (exact) mass is 154 g/mol. The van der Waals surface area contributed by atoms with Crippen LogP contribution in [0.5, 0.6) is 0 Å². The van der Waals surface area contributed by atoms with Gasteiger partial charge in [-0.15, -0.1) is 0 Å². The molecule has 3 atom stereocenters. The van der Waals surface area contributed by atoms with Crippen LogP contribution in [-0.2, 0) is 4.79 Å². The van der Waals surface area contributed by atoms with Crippen molar-refractivity contribution in [2.75, 3.05) is 20.1 Å². The number of hydrogen-bond donors (Lipinski definition) is 1. The van der Waals surface area contributed by atoms with Crippen molar-refractivity contribution >= 4 is 6.41 Å². The molecule has 1 saturated heterocycles. The maximum Gasteiger partial charge on any atom is 0.207 e. The minimum absolute atomic E-state index is 0.616. The van der Waals surface area contributed by atoms with Crippen molar-refractivity contribution in [2.24, 2.45) is 11.8 Å². The number of piperidine rings is 1. The van der Waals surface area contributed by atoms with E-state index in [2.05, 4.69) is 17.3 Å². The fourth-order valence-corrected chi connectivity index (χ4v) is 2.26. The minimum Gasteiger partial charge on any atom is -0.357 e. The predicted octanol–water partition coefficient (Wildman–Crippen LogP) is -0.317. The van der Waals surface area contributed by atoms with Crippen molar-refractivity contribution in [1.29, 1.82) is 0 Å². The highest BCUT2D eigenvalue weighted by Gasteiger charge is 2.50. The number of carbonyl (C=O) groups excluding carboxylic acids is 1. The molecule has 2 fully saturated rings. The van der Waals surface area contributed by atoms with Crippen molar-refractivity contribution in [3.05, 3.63) is 0 Å². The highest BCUT2D eigenvalue weighted by Crippen LogP contribution is 2.48. The predicted molar refractivity (Wildman–Crippen MR) is 42.1 cm³/mol. The number of likely N-dealkylation sites (tertiary alicyclic amines) is 1. The molecule has 3 heteroatoms. The summed E-state index contributed by atoms with van der Waals surface area (Å²) >= 11 is 0. The Labute approximate surface area is 66.8 Å². The van der Waals surface area contributed by atoms with Crippen molar-refractivity contribution in [2.45, 2.75) is 12.5 Å². The quantitative estimate of drug-likeness (QED) is 0.565. The van der Waals surface area contributed by atoms with Gasteiger partial charge in [0.1, 0.15) is 0 Å². The second-order valence-electron chi connectivity index (χ2n) is 3.69. The molecule has 1 saturated carbocycles. The van der Waals surface area contributed by atoms with Crippen LogP contribution in [0.4, 0.5) is 0 Å². The average Bonchev–Trinajstić information content (AvgIpc) is 2.64. The van der Waals surface area contributed by atoms with E-state index in [0.29, 0.717) is 6.04 Å². The standard InChI is InChI=1S/C8H14N2O/c1-10-4-6-2-7(6)8(10)3-9-5-11/h5-8H,2-4H2,1H3,(H,9,11)/t6?,7?,8-/m1/s1. The number of fused-ring (bicyclic) bond motifs is 1. The van der Waals surface area contributed by atoms with Gasteiger partial charge in [0.25, 0.3) is 0 Å². The fraction of sp³-hybridized carbons (Fsp3) is 0.875. The molecule has 1 aliphatic carbocycles. The molecular weight excluding hydrogens is 140 g/mol. The highest BCUT2D eigenvalue weighted by molar-refractivity contribution is 5.46. The molecule has 3 nitrogen and oxygen atoms in total. The molecule has 1 aliphatic heterocycles. The number of amides is 1. The Bertz CT molecular complexity index is 169. The smallest absolute Gasteiger partial charge is 0.207 e. The molecule has 0 aromatic carbocycles. The van der Waals surface area contributed by atoms with Gasteiger partial charge in [-0.3, -0.25) is 4.79 Å². The third kappa shape index (κ3) is 1.13. The van der Waals surface area contributed by atoms with Gasteiger partial charge < -0.3 is 10.2 Å². The Morgan fingerprint density at radius 2 is 2.55 bits per heavy atom. The molecule has 1 amide bonds. The Balaban J connectivity index is 1.86. The summed E-state index contributed by atoms with van der Waals surface area (Å²) in [4.78, 5) is 12.4. The zero-order chi connectivity index (χ0) is 7.84. The molecule has 2 aliphatic rings. The second kappa shape index (κ2) is 2.48. The number of hydrogen-bond acceptors (Lipinski definition) is 2. The normalized spacial score (nSPS) is 41.7. The molecule has 0 radical (unpaired) electrons. The van der Waals surface area contributed by atoms with Gasteiger partial charge in [-0.1, -0.05) is 0 Å². The first-order valence-electron chi connectivity index (χ1n) is 4.20. The summed E-state index contributed by atoms with van der Waals surface area (Å²) in [6.45, 7) is 2.07. The summed E-state index contributed by atoms with van der Waals surface area (Å²) < 4.78 is 0. The van der Waals surface area contributed by atoms with E-state index in [4.69, 9.17) is 0 Å². The van der Waals surface area contributed by atoms with Gasteiger partial charge in [0.2, 0.25) is 6.41 Å². The highest BCUT2D eigenvalue weighted by atomic mass is 16.1. The van der Waals surface area contributed by atoms with Gasteiger partial charge in [-0.25, -0.2) is 0 Å². The summed E-state index contributed by atoms with van der Waals surface area (Å²) in [5.74, 6) is 1.82. The van der Waals surface area contributed by atoms with E-state index in [1.807, 2.05) is 0 Å². The SMILES string of the molecule is CN1CC2CC2[C@H]1CNC=O. The summed E-state index contributed by atoms with van der Waals surface area (Å²) in [5.41, 5.74) is 0. The Hall–Kier alpha value is -0.570. The lowest BCUT2D eigenvalue weighted by molar-refractivity contribution is -0.109. The van der Waals surface area contributed by atoms with Crippen molar-refractivity contribution in [3.63, 3.8) is 0 Å². The maximum atomic E-state index is 10.1. The van der Waals surface area contributed by atoms with E-state index in [0.717, 1.165) is 24.8 Å². The van der Waals surface area contributed by atoms with Crippen LogP contribution in [-0.4, -0.2) is 37.5 Å². The van der Waals surface area contributed by atoms with Crippen molar-refractivity contribution < 1.29 is 4.79 Å². The molecule has 62 valence electrons. The topological polar surface area (TPSA) is 32.3 Å². The van der Waals surface area contributed by atoms with Gasteiger partial charge in [0, 0.05) is 19.1 Å². The summed E-state index contributed by atoms with van der Waals surface area (Å²) in [6, 6.07) is 0.616. The van der Waals surface area contributed by atoms with Gasteiger partial charge in [0.15, 0.2) is 0 Å². The van der Waals surface area contributed by atoms with E-state index in [9.17, 15) is 4.79 Å². The third-order valence-corrected chi connectivity index (χ3v) is 2.97. The van der Waals surface area contributed by atoms with E-state index in [1.165, 1.54) is 13.0 Å². The molecule has 2 unspecified atom stereocenters. The first-order chi connectivity index (χ1) is 5.33. The largest absolute Gasteiger partial charge is 0.357 e. The molecule has 11 heavy (non-hydrogen) atoms. The van der Waals surface area contributed by atoms with Crippen LogP contribution < -0.4 is 5.32 Å². The van der Waals surface area contributed by atoms with Gasteiger partial charge in [-0.05, 0) is 25.3 Å². The molecule has 2 rings (SSSR count). The zero-order valence-electron chi connectivity index (χ0n) is 6.79. The van der Waals surface area contributed by atoms with Crippen LogP contribution in [0.1, 0.15) is 6.42 Å². The molecule has 1 heterocycles. The van der Waals surface area contributed by atoms with E-state index in [-0.39, 0.29) is 0 Å². The lowest BCUT2D eigenvalue weighted by Gasteiger charge is -2.21. The third-order valence-electron chi connectivity index (χ3n) is 2.97. The second-order valence-corrected chi connectivity index (χ2v) is 3.69. The van der Waals surface area contributed by atoms with E-state index < -0.39 is 0 Å². The molecule has 0 aromatic rings. The summed E-state index contributed by atoms with van der Waals surface area (Å²) in [5, 5.41) is 2.76. The average molecular weight is 154 g/mol. The number of carbonyl (C=O) groups is 1. The lowest BCUT2D eigenvalue weighted by Crippen LogP contribution is -2.37. The van der Waals surface area contributed by atoms with E-state index >= 15 is 0 Å². The Morgan fingerprint density at radius 3 is 3.09 bits per heavy atom. The van der Waals surface area contributed by atoms with Crippen LogP contribution in [0.15, 0.2) is 0 Å². The van der Waals surface area contributed by atoms with Crippen LogP contribution in [0.3, 0.4) is 0 Å². The first-order valence-corrected chi connectivity index (χ1v) is 4.20. The number of nitrogens with one attached hydrogen (secondary N) is 1. The Morgan fingerprint density at radius 1 is 1.73 bits per heavy atom.